The first-order valence-corrected chi connectivity index (χ1v) is 8.63. The lowest BCUT2D eigenvalue weighted by Gasteiger charge is -2.37. The van der Waals surface area contributed by atoms with E-state index in [9.17, 15) is 24.7 Å². The van der Waals surface area contributed by atoms with Crippen molar-refractivity contribution in [2.75, 3.05) is 0 Å². The number of nitrogens with one attached hydrogen (secondary N) is 1. The summed E-state index contributed by atoms with van der Waals surface area (Å²) < 4.78 is 11.2. The molecule has 0 bridgehead atoms. The maximum absolute atomic E-state index is 11.5. The van der Waals surface area contributed by atoms with Gasteiger partial charge in [0.1, 0.15) is 5.75 Å². The van der Waals surface area contributed by atoms with Gasteiger partial charge in [-0.25, -0.2) is 4.57 Å². The number of hydrogen-bond donors (Lipinski definition) is 6. The lowest BCUT2D eigenvalue weighted by molar-refractivity contribution is -0.196. The molecule has 0 saturated carbocycles. The standard InChI is InChI=1S/C15H18NO7P/c1-9(10-2-4-11(17)5-3-10)15(19,20)13-7-6-12(18)8-14(13)16-24(21,22)23/h2-9,13,17,19-20H,1H3,(H3,16,21,22,23). The summed E-state index contributed by atoms with van der Waals surface area (Å²) in [6.07, 6.45) is 3.19. The van der Waals surface area contributed by atoms with Gasteiger partial charge in [-0.05, 0) is 23.8 Å². The Bertz CT molecular complexity index is 733. The van der Waals surface area contributed by atoms with Crippen molar-refractivity contribution in [3.63, 3.8) is 0 Å². The van der Waals surface area contributed by atoms with Gasteiger partial charge >= 0.3 is 7.75 Å². The van der Waals surface area contributed by atoms with Crippen molar-refractivity contribution < 1.29 is 34.5 Å². The fourth-order valence-electron chi connectivity index (χ4n) is 2.50. The third-order valence-corrected chi connectivity index (χ3v) is 4.40. The summed E-state index contributed by atoms with van der Waals surface area (Å²) in [5.74, 6) is -5.11. The SMILES string of the molecule is CC(c1ccc(O)cc1)C(O)(O)C1C=CC(=O)C=C1NP(=O)(O)O. The van der Waals surface area contributed by atoms with Gasteiger partial charge in [-0.15, -0.1) is 0 Å². The summed E-state index contributed by atoms with van der Waals surface area (Å²) in [4.78, 5) is 29.6. The number of carbonyl (C=O) groups excluding carboxylic acids is 1. The first-order chi connectivity index (χ1) is 11.0. The smallest absolute Gasteiger partial charge is 0.427 e. The summed E-state index contributed by atoms with van der Waals surface area (Å²) in [7, 11) is -4.74. The van der Waals surface area contributed by atoms with Gasteiger partial charge < -0.3 is 25.1 Å². The van der Waals surface area contributed by atoms with Crippen LogP contribution in [0.2, 0.25) is 0 Å². The van der Waals surface area contributed by atoms with Crippen molar-refractivity contribution in [1.29, 1.82) is 0 Å². The molecule has 0 radical (unpaired) electrons. The molecule has 1 aliphatic carbocycles. The first kappa shape index (κ1) is 18.4. The van der Waals surface area contributed by atoms with Gasteiger partial charge in [0, 0.05) is 17.7 Å². The summed E-state index contributed by atoms with van der Waals surface area (Å²) in [5, 5.41) is 32.3. The van der Waals surface area contributed by atoms with Crippen LogP contribution >= 0.6 is 7.75 Å². The van der Waals surface area contributed by atoms with Crippen molar-refractivity contribution in [2.45, 2.75) is 18.6 Å². The molecule has 8 nitrogen and oxygen atoms in total. The Hall–Kier alpha value is -1.96. The lowest BCUT2D eigenvalue weighted by Crippen LogP contribution is -2.45. The van der Waals surface area contributed by atoms with Crippen molar-refractivity contribution >= 4 is 13.5 Å². The molecule has 9 heteroatoms. The van der Waals surface area contributed by atoms with Gasteiger partial charge in [-0.1, -0.05) is 25.1 Å². The Morgan fingerprint density at radius 3 is 2.33 bits per heavy atom. The molecule has 0 amide bonds. The number of aliphatic hydroxyl groups is 2. The number of ketones is 1. The van der Waals surface area contributed by atoms with Crippen molar-refractivity contribution in [3.8, 4) is 5.75 Å². The van der Waals surface area contributed by atoms with E-state index in [-0.39, 0.29) is 11.4 Å². The highest BCUT2D eigenvalue weighted by molar-refractivity contribution is 7.49. The van der Waals surface area contributed by atoms with Gasteiger partial charge in [0.25, 0.3) is 0 Å². The molecule has 0 saturated heterocycles. The van der Waals surface area contributed by atoms with Crippen LogP contribution in [-0.4, -0.2) is 36.7 Å². The highest BCUT2D eigenvalue weighted by Gasteiger charge is 2.43. The van der Waals surface area contributed by atoms with Gasteiger partial charge in [0.15, 0.2) is 11.6 Å². The Labute approximate surface area is 138 Å². The Kier molecular flexibility index (Phi) is 4.98. The van der Waals surface area contributed by atoms with Crippen LogP contribution in [0, 0.1) is 5.92 Å². The average Bonchev–Trinajstić information content (AvgIpc) is 2.45. The number of hydrogen-bond acceptors (Lipinski definition) is 5. The molecule has 2 unspecified atom stereocenters. The fourth-order valence-corrected chi connectivity index (χ4v) is 3.04. The minimum Gasteiger partial charge on any atom is -0.508 e. The number of benzene rings is 1. The van der Waals surface area contributed by atoms with E-state index in [4.69, 9.17) is 9.79 Å². The van der Waals surface area contributed by atoms with Crippen molar-refractivity contribution in [1.82, 2.24) is 5.09 Å². The number of phenols is 1. The maximum atomic E-state index is 11.5. The van der Waals surface area contributed by atoms with E-state index < -0.39 is 31.2 Å². The number of phenolic OH excluding ortho intramolecular Hbond substituents is 1. The molecule has 1 aliphatic rings. The third-order valence-electron chi connectivity index (χ3n) is 3.85. The lowest BCUT2D eigenvalue weighted by atomic mass is 9.80. The van der Waals surface area contributed by atoms with Gasteiger partial charge in [-0.2, -0.15) is 0 Å². The zero-order valence-electron chi connectivity index (χ0n) is 12.7. The molecule has 0 aliphatic heterocycles. The molecule has 2 atom stereocenters. The molecular weight excluding hydrogens is 337 g/mol. The molecule has 1 aromatic rings. The number of rotatable bonds is 5. The zero-order chi connectivity index (χ0) is 18.1. The second kappa shape index (κ2) is 6.51. The topological polar surface area (TPSA) is 147 Å². The van der Waals surface area contributed by atoms with Crippen molar-refractivity contribution in [3.05, 3.63) is 53.8 Å². The van der Waals surface area contributed by atoms with Crippen LogP contribution in [0.1, 0.15) is 18.4 Å². The molecule has 0 aromatic heterocycles. The van der Waals surface area contributed by atoms with Gasteiger partial charge in [-0.3, -0.25) is 9.88 Å². The zero-order valence-corrected chi connectivity index (χ0v) is 13.6. The second-order valence-electron chi connectivity index (χ2n) is 5.59. The quantitative estimate of drug-likeness (QED) is 0.330. The predicted molar refractivity (Wildman–Crippen MR) is 84.6 cm³/mol. The third kappa shape index (κ3) is 4.11. The molecule has 2 rings (SSSR count). The van der Waals surface area contributed by atoms with Crippen LogP contribution in [0.15, 0.2) is 48.2 Å². The monoisotopic (exact) mass is 355 g/mol. The average molecular weight is 355 g/mol. The van der Waals surface area contributed by atoms with Crippen LogP contribution in [0.5, 0.6) is 5.75 Å². The largest absolute Gasteiger partial charge is 0.508 e. The van der Waals surface area contributed by atoms with E-state index in [0.29, 0.717) is 5.56 Å². The highest BCUT2D eigenvalue weighted by atomic mass is 31.2. The second-order valence-corrected chi connectivity index (χ2v) is 6.90. The van der Waals surface area contributed by atoms with E-state index in [1.807, 2.05) is 5.09 Å². The minimum absolute atomic E-state index is 0.0133. The highest BCUT2D eigenvalue weighted by Crippen LogP contribution is 2.41. The van der Waals surface area contributed by atoms with Crippen LogP contribution in [0.4, 0.5) is 0 Å². The minimum atomic E-state index is -4.74. The van der Waals surface area contributed by atoms with E-state index >= 15 is 0 Å². The van der Waals surface area contributed by atoms with E-state index in [1.54, 1.807) is 0 Å². The molecule has 6 N–H and O–H groups in total. The summed E-state index contributed by atoms with van der Waals surface area (Å²) in [5.41, 5.74) is 0.199. The first-order valence-electron chi connectivity index (χ1n) is 7.02. The van der Waals surface area contributed by atoms with Crippen molar-refractivity contribution in [2.24, 2.45) is 5.92 Å². The van der Waals surface area contributed by atoms with Gasteiger partial charge in [0.05, 0.1) is 5.92 Å². The van der Waals surface area contributed by atoms with Crippen LogP contribution in [-0.2, 0) is 9.36 Å². The van der Waals surface area contributed by atoms with E-state index in [1.165, 1.54) is 37.3 Å². The fraction of sp³-hybridized carbons (Fsp3) is 0.267. The number of carbonyl (C=O) groups is 1. The summed E-state index contributed by atoms with van der Waals surface area (Å²) >= 11 is 0. The van der Waals surface area contributed by atoms with Crippen LogP contribution in [0.25, 0.3) is 0 Å². The van der Waals surface area contributed by atoms with E-state index in [0.717, 1.165) is 12.2 Å². The summed E-state index contributed by atoms with van der Waals surface area (Å²) in [6.45, 7) is 1.51. The summed E-state index contributed by atoms with van der Waals surface area (Å²) in [6, 6.07) is 5.76. The number of aromatic hydroxyl groups is 1. The molecule has 0 heterocycles. The van der Waals surface area contributed by atoms with Crippen LogP contribution < -0.4 is 5.09 Å². The predicted octanol–water partition coefficient (Wildman–Crippen LogP) is 0.498. The molecule has 0 fully saturated rings. The van der Waals surface area contributed by atoms with Gasteiger partial charge in [0.2, 0.25) is 0 Å². The molecule has 1 aromatic carbocycles. The Morgan fingerprint density at radius 2 is 1.79 bits per heavy atom. The molecule has 24 heavy (non-hydrogen) atoms. The Balaban J connectivity index is 2.36. The van der Waals surface area contributed by atoms with E-state index in [2.05, 4.69) is 0 Å². The Morgan fingerprint density at radius 1 is 1.21 bits per heavy atom. The molecule has 0 spiro atoms. The molecular formula is C15H18NO7P. The normalized spacial score (nSPS) is 19.8. The van der Waals surface area contributed by atoms with Crippen LogP contribution in [0.3, 0.4) is 0 Å². The number of allylic oxidation sites excluding steroid dienone is 2. The molecule has 130 valence electrons. The maximum Gasteiger partial charge on any atom is 0.427 e.